The number of carbonyl (C=O) groups is 2. The normalized spacial score (nSPS) is 31.8. The van der Waals surface area contributed by atoms with E-state index in [-0.39, 0.29) is 30.3 Å². The molecule has 0 heterocycles. The molecule has 5 atom stereocenters. The van der Waals surface area contributed by atoms with Crippen LogP contribution in [0.3, 0.4) is 0 Å². The second kappa shape index (κ2) is 8.12. The van der Waals surface area contributed by atoms with Crippen LogP contribution in [-0.2, 0) is 16.1 Å². The standard InChI is InChI=1S/C24H34N2O4/c1-23(2,3)30-22(28)26-20-18-9-17-10-19(20)13-24(11-17,12-18)15-25-21(27)29-14-16-7-5-4-6-8-16/h4-8,17-20H,9-15H2,1-3H3,(H,25,27)(H,26,28)/t17?,18-,19+,20+,24-. The van der Waals surface area contributed by atoms with Gasteiger partial charge in [0.05, 0.1) is 0 Å². The van der Waals surface area contributed by atoms with Gasteiger partial charge >= 0.3 is 12.2 Å². The van der Waals surface area contributed by atoms with Crippen molar-refractivity contribution in [3.05, 3.63) is 35.9 Å². The summed E-state index contributed by atoms with van der Waals surface area (Å²) in [6.45, 7) is 6.61. The van der Waals surface area contributed by atoms with Gasteiger partial charge in [-0.3, -0.25) is 0 Å². The lowest BCUT2D eigenvalue weighted by Crippen LogP contribution is -2.61. The minimum atomic E-state index is -0.485. The number of alkyl carbamates (subject to hydrolysis) is 2. The van der Waals surface area contributed by atoms with Crippen molar-refractivity contribution in [1.82, 2.24) is 10.6 Å². The van der Waals surface area contributed by atoms with E-state index in [1.165, 1.54) is 0 Å². The highest BCUT2D eigenvalue weighted by Gasteiger charge is 2.55. The van der Waals surface area contributed by atoms with Gasteiger partial charge in [0.1, 0.15) is 12.2 Å². The lowest BCUT2D eigenvalue weighted by molar-refractivity contribution is -0.0753. The minimum Gasteiger partial charge on any atom is -0.445 e. The lowest BCUT2D eigenvalue weighted by atomic mass is 9.48. The third-order valence-corrected chi connectivity index (χ3v) is 6.90. The van der Waals surface area contributed by atoms with Crippen molar-refractivity contribution < 1.29 is 19.1 Å². The molecule has 0 aromatic heterocycles. The second-order valence-corrected chi connectivity index (χ2v) is 10.6. The van der Waals surface area contributed by atoms with Crippen LogP contribution in [0.25, 0.3) is 0 Å². The lowest BCUT2D eigenvalue weighted by Gasteiger charge is -2.60. The molecule has 4 bridgehead atoms. The van der Waals surface area contributed by atoms with Crippen LogP contribution in [0.4, 0.5) is 9.59 Å². The van der Waals surface area contributed by atoms with Crippen LogP contribution < -0.4 is 10.6 Å². The Labute approximate surface area is 179 Å². The molecule has 30 heavy (non-hydrogen) atoms. The van der Waals surface area contributed by atoms with Gasteiger partial charge in [-0.05, 0) is 81.6 Å². The van der Waals surface area contributed by atoms with Crippen LogP contribution in [0.2, 0.25) is 0 Å². The van der Waals surface area contributed by atoms with Gasteiger partial charge in [-0.25, -0.2) is 9.59 Å². The van der Waals surface area contributed by atoms with Crippen molar-refractivity contribution >= 4 is 12.2 Å². The Balaban J connectivity index is 1.30. The fourth-order valence-electron chi connectivity index (χ4n) is 6.12. The summed E-state index contributed by atoms with van der Waals surface area (Å²) in [5.74, 6) is 1.62. The smallest absolute Gasteiger partial charge is 0.407 e. The number of nitrogens with one attached hydrogen (secondary N) is 2. The first-order valence-corrected chi connectivity index (χ1v) is 11.2. The van der Waals surface area contributed by atoms with Crippen molar-refractivity contribution in [2.24, 2.45) is 23.2 Å². The van der Waals surface area contributed by atoms with Gasteiger partial charge in [0, 0.05) is 12.6 Å². The second-order valence-electron chi connectivity index (χ2n) is 10.6. The van der Waals surface area contributed by atoms with Crippen LogP contribution in [0.5, 0.6) is 0 Å². The molecule has 4 aliphatic carbocycles. The zero-order valence-corrected chi connectivity index (χ0v) is 18.3. The monoisotopic (exact) mass is 414 g/mol. The van der Waals surface area contributed by atoms with Crippen molar-refractivity contribution in [2.45, 2.75) is 71.1 Å². The highest BCUT2D eigenvalue weighted by molar-refractivity contribution is 5.68. The fraction of sp³-hybridized carbons (Fsp3) is 0.667. The summed E-state index contributed by atoms with van der Waals surface area (Å²) in [6, 6.07) is 9.91. The molecule has 0 spiro atoms. The summed E-state index contributed by atoms with van der Waals surface area (Å²) >= 11 is 0. The largest absolute Gasteiger partial charge is 0.445 e. The highest BCUT2D eigenvalue weighted by atomic mass is 16.6. The van der Waals surface area contributed by atoms with Gasteiger partial charge in [0.25, 0.3) is 0 Å². The molecule has 1 unspecified atom stereocenters. The Morgan fingerprint density at radius 2 is 1.70 bits per heavy atom. The van der Waals surface area contributed by atoms with Gasteiger partial charge in [-0.1, -0.05) is 30.3 Å². The third kappa shape index (κ3) is 4.90. The molecule has 2 amide bonds. The van der Waals surface area contributed by atoms with Crippen molar-refractivity contribution in [1.29, 1.82) is 0 Å². The predicted octanol–water partition coefficient (Wildman–Crippen LogP) is 4.63. The van der Waals surface area contributed by atoms with Crippen molar-refractivity contribution in [2.75, 3.05) is 6.54 Å². The Kier molecular flexibility index (Phi) is 5.69. The average Bonchev–Trinajstić information content (AvgIpc) is 2.66. The number of benzene rings is 1. The molecule has 1 aromatic carbocycles. The van der Waals surface area contributed by atoms with Crippen molar-refractivity contribution in [3.8, 4) is 0 Å². The summed E-state index contributed by atoms with van der Waals surface area (Å²) in [5, 5.41) is 6.19. The van der Waals surface area contributed by atoms with Crippen LogP contribution >= 0.6 is 0 Å². The predicted molar refractivity (Wildman–Crippen MR) is 114 cm³/mol. The Bertz CT molecular complexity index is 757. The summed E-state index contributed by atoms with van der Waals surface area (Å²) in [5.41, 5.74) is 0.633. The minimum absolute atomic E-state index is 0.133. The first kappa shape index (κ1) is 21.0. The Morgan fingerprint density at radius 3 is 2.33 bits per heavy atom. The molecule has 6 heteroatoms. The molecule has 1 aromatic rings. The summed E-state index contributed by atoms with van der Waals surface area (Å²) in [6.07, 6.45) is 4.92. The molecule has 0 radical (unpaired) electrons. The van der Waals surface area contributed by atoms with Gasteiger partial charge in [0.15, 0.2) is 0 Å². The van der Waals surface area contributed by atoms with E-state index < -0.39 is 5.60 Å². The number of ether oxygens (including phenoxy) is 2. The van der Waals surface area contributed by atoms with E-state index in [1.807, 2.05) is 51.1 Å². The summed E-state index contributed by atoms with van der Waals surface area (Å²) in [7, 11) is 0. The molecule has 0 saturated heterocycles. The molecule has 6 nitrogen and oxygen atoms in total. The number of rotatable bonds is 5. The molecular weight excluding hydrogens is 380 g/mol. The molecule has 4 saturated carbocycles. The summed E-state index contributed by atoms with van der Waals surface area (Å²) in [4.78, 5) is 24.6. The number of carbonyl (C=O) groups excluding carboxylic acids is 2. The van der Waals surface area contributed by atoms with Crippen LogP contribution in [0.15, 0.2) is 30.3 Å². The first-order chi connectivity index (χ1) is 14.2. The zero-order chi connectivity index (χ0) is 21.4. The van der Waals surface area contributed by atoms with Gasteiger partial charge in [0.2, 0.25) is 0 Å². The average molecular weight is 415 g/mol. The maximum atomic E-state index is 12.3. The number of amides is 2. The van der Waals surface area contributed by atoms with E-state index in [4.69, 9.17) is 9.47 Å². The third-order valence-electron chi connectivity index (χ3n) is 6.90. The first-order valence-electron chi connectivity index (χ1n) is 11.2. The maximum absolute atomic E-state index is 12.3. The fourth-order valence-corrected chi connectivity index (χ4v) is 6.12. The SMILES string of the molecule is CC(C)(C)OC(=O)N[C@H]1[C@@H]2CC3C[C@H]1C[C@@](CNC(=O)OCc1ccccc1)(C3)C2. The van der Waals surface area contributed by atoms with Crippen molar-refractivity contribution in [3.63, 3.8) is 0 Å². The van der Waals surface area contributed by atoms with Crippen LogP contribution in [0, 0.1) is 23.2 Å². The van der Waals surface area contributed by atoms with Gasteiger partial charge in [-0.2, -0.15) is 0 Å². The Morgan fingerprint density at radius 1 is 1.03 bits per heavy atom. The van der Waals surface area contributed by atoms with Gasteiger partial charge in [-0.15, -0.1) is 0 Å². The molecule has 0 aliphatic heterocycles. The van der Waals surface area contributed by atoms with E-state index in [1.54, 1.807) is 0 Å². The number of hydrogen-bond acceptors (Lipinski definition) is 4. The van der Waals surface area contributed by atoms with Crippen LogP contribution in [-0.4, -0.2) is 30.4 Å². The van der Waals surface area contributed by atoms with E-state index in [0.717, 1.165) is 37.7 Å². The maximum Gasteiger partial charge on any atom is 0.407 e. The molecule has 5 rings (SSSR count). The Hall–Kier alpha value is -2.24. The van der Waals surface area contributed by atoms with E-state index in [0.29, 0.717) is 24.3 Å². The van der Waals surface area contributed by atoms with Gasteiger partial charge < -0.3 is 20.1 Å². The summed E-state index contributed by atoms with van der Waals surface area (Å²) < 4.78 is 10.9. The molecule has 2 N–H and O–H groups in total. The molecule has 4 aliphatic rings. The van der Waals surface area contributed by atoms with E-state index in [9.17, 15) is 9.59 Å². The molecule has 164 valence electrons. The topological polar surface area (TPSA) is 76.7 Å². The van der Waals surface area contributed by atoms with E-state index in [2.05, 4.69) is 10.6 Å². The quantitative estimate of drug-likeness (QED) is 0.736. The molecular formula is C24H34N2O4. The number of hydrogen-bond donors (Lipinski definition) is 2. The van der Waals surface area contributed by atoms with E-state index >= 15 is 0 Å². The molecule has 4 fully saturated rings. The van der Waals surface area contributed by atoms with Crippen LogP contribution in [0.1, 0.15) is 58.4 Å². The zero-order valence-electron chi connectivity index (χ0n) is 18.3. The highest BCUT2D eigenvalue weighted by Crippen LogP contribution is 2.59.